The van der Waals surface area contributed by atoms with E-state index in [0.717, 1.165) is 62.1 Å². The van der Waals surface area contributed by atoms with Crippen molar-refractivity contribution in [1.29, 1.82) is 0 Å². The van der Waals surface area contributed by atoms with E-state index in [0.29, 0.717) is 0 Å². The lowest BCUT2D eigenvalue weighted by Gasteiger charge is -2.25. The van der Waals surface area contributed by atoms with E-state index >= 15 is 0 Å². The maximum absolute atomic E-state index is 6.39. The van der Waals surface area contributed by atoms with Crippen LogP contribution in [0.2, 0.25) is 5.02 Å². The number of nitrogens with one attached hydrogen (secondary N) is 1. The molecule has 1 rings (SSSR count). The van der Waals surface area contributed by atoms with Crippen LogP contribution in [0.25, 0.3) is 0 Å². The number of aromatic nitrogens is 1. The molecule has 0 fully saturated rings. The van der Waals surface area contributed by atoms with E-state index < -0.39 is 0 Å². The fourth-order valence-corrected chi connectivity index (χ4v) is 2.75. The van der Waals surface area contributed by atoms with Gasteiger partial charge in [0.05, 0.1) is 5.02 Å². The summed E-state index contributed by atoms with van der Waals surface area (Å²) in [6.07, 6.45) is 3.04. The van der Waals surface area contributed by atoms with Crippen molar-refractivity contribution in [3.05, 3.63) is 22.8 Å². The fraction of sp³-hybridized carbons (Fsp3) is 0.688. The minimum absolute atomic E-state index is 0.743. The second kappa shape index (κ2) is 9.98. The maximum Gasteiger partial charge on any atom is 0.147 e. The van der Waals surface area contributed by atoms with E-state index in [1.54, 1.807) is 0 Å². The van der Waals surface area contributed by atoms with Gasteiger partial charge in [-0.05, 0) is 51.7 Å². The van der Waals surface area contributed by atoms with Gasteiger partial charge < -0.3 is 15.1 Å². The molecule has 0 amide bonds. The zero-order chi connectivity index (χ0) is 15.7. The number of hydrogen-bond donors (Lipinski definition) is 1. The Morgan fingerprint density at radius 3 is 2.38 bits per heavy atom. The monoisotopic (exact) mass is 312 g/mol. The Kier molecular flexibility index (Phi) is 8.66. The van der Waals surface area contributed by atoms with Crippen molar-refractivity contribution in [3.63, 3.8) is 0 Å². The molecule has 4 nitrogen and oxygen atoms in total. The molecule has 1 heterocycles. The number of nitrogens with zero attached hydrogens (tertiary/aromatic N) is 3. The smallest absolute Gasteiger partial charge is 0.147 e. The van der Waals surface area contributed by atoms with E-state index in [1.807, 2.05) is 19.3 Å². The predicted octanol–water partition coefficient (Wildman–Crippen LogP) is 3.01. The summed E-state index contributed by atoms with van der Waals surface area (Å²) in [6.45, 7) is 12.6. The zero-order valence-electron chi connectivity index (χ0n) is 13.8. The van der Waals surface area contributed by atoms with Gasteiger partial charge in [0.2, 0.25) is 0 Å². The summed E-state index contributed by atoms with van der Waals surface area (Å²) in [5, 5.41) is 3.86. The molecule has 0 aliphatic heterocycles. The Morgan fingerprint density at radius 2 is 1.86 bits per heavy atom. The highest BCUT2D eigenvalue weighted by molar-refractivity contribution is 6.33. The van der Waals surface area contributed by atoms with Crippen molar-refractivity contribution in [2.24, 2.45) is 0 Å². The van der Waals surface area contributed by atoms with Crippen LogP contribution in [0.15, 0.2) is 12.3 Å². The van der Waals surface area contributed by atoms with Crippen LogP contribution >= 0.6 is 11.6 Å². The molecular weight excluding hydrogens is 284 g/mol. The van der Waals surface area contributed by atoms with Gasteiger partial charge in [-0.3, -0.25) is 0 Å². The molecule has 0 radical (unpaired) electrons. The fourth-order valence-electron chi connectivity index (χ4n) is 2.44. The molecular formula is C16H29ClN4. The van der Waals surface area contributed by atoms with Gasteiger partial charge in [0.1, 0.15) is 5.82 Å². The molecule has 1 N–H and O–H groups in total. The summed E-state index contributed by atoms with van der Waals surface area (Å²) in [5.41, 5.74) is 1.12. The summed E-state index contributed by atoms with van der Waals surface area (Å²) in [7, 11) is 1.92. The number of halogens is 1. The molecule has 1 aromatic rings. The summed E-state index contributed by atoms with van der Waals surface area (Å²) >= 11 is 6.39. The molecule has 21 heavy (non-hydrogen) atoms. The molecule has 1 aromatic heterocycles. The van der Waals surface area contributed by atoms with Crippen LogP contribution in [0.4, 0.5) is 5.82 Å². The van der Waals surface area contributed by atoms with Gasteiger partial charge in [-0.1, -0.05) is 25.4 Å². The van der Waals surface area contributed by atoms with Crippen LogP contribution in [0.3, 0.4) is 0 Å². The standard InChI is InChI=1S/C16H29ClN4/c1-5-20(6-2)9-8-10-21(7-3)16-15(17)11-14(12-18-4)13-19-16/h11,13,18H,5-10,12H2,1-4H3. The number of hydrogen-bond acceptors (Lipinski definition) is 4. The van der Waals surface area contributed by atoms with Crippen molar-refractivity contribution in [3.8, 4) is 0 Å². The molecule has 0 aliphatic carbocycles. The molecule has 0 saturated heterocycles. The van der Waals surface area contributed by atoms with Gasteiger partial charge in [0.15, 0.2) is 0 Å². The van der Waals surface area contributed by atoms with Gasteiger partial charge in [0.25, 0.3) is 0 Å². The molecule has 0 unspecified atom stereocenters. The van der Waals surface area contributed by atoms with Crippen LogP contribution in [0.5, 0.6) is 0 Å². The predicted molar refractivity (Wildman–Crippen MR) is 92.3 cm³/mol. The quantitative estimate of drug-likeness (QED) is 0.719. The van der Waals surface area contributed by atoms with E-state index in [-0.39, 0.29) is 0 Å². The van der Waals surface area contributed by atoms with Gasteiger partial charge in [-0.15, -0.1) is 0 Å². The molecule has 0 saturated carbocycles. The highest BCUT2D eigenvalue weighted by atomic mass is 35.5. The highest BCUT2D eigenvalue weighted by Gasteiger charge is 2.11. The first-order valence-corrected chi connectivity index (χ1v) is 8.30. The Balaban J connectivity index is 2.63. The van der Waals surface area contributed by atoms with Gasteiger partial charge in [0, 0.05) is 25.8 Å². The van der Waals surface area contributed by atoms with Crippen LogP contribution in [0.1, 0.15) is 32.8 Å². The Bertz CT molecular complexity index is 407. The zero-order valence-corrected chi connectivity index (χ0v) is 14.6. The van der Waals surface area contributed by atoms with Crippen LogP contribution in [0, 0.1) is 0 Å². The molecule has 0 atom stereocenters. The van der Waals surface area contributed by atoms with Crippen molar-refractivity contribution >= 4 is 17.4 Å². The van der Waals surface area contributed by atoms with E-state index in [9.17, 15) is 0 Å². The Hall–Kier alpha value is -0.840. The molecule has 120 valence electrons. The third-order valence-corrected chi connectivity index (χ3v) is 4.02. The minimum atomic E-state index is 0.743. The van der Waals surface area contributed by atoms with Gasteiger partial charge >= 0.3 is 0 Å². The summed E-state index contributed by atoms with van der Waals surface area (Å²) in [6, 6.07) is 2.01. The van der Waals surface area contributed by atoms with Crippen molar-refractivity contribution < 1.29 is 0 Å². The lowest BCUT2D eigenvalue weighted by molar-refractivity contribution is 0.300. The van der Waals surface area contributed by atoms with Gasteiger partial charge in [-0.2, -0.15) is 0 Å². The van der Waals surface area contributed by atoms with Crippen LogP contribution in [-0.2, 0) is 6.54 Å². The SMILES string of the molecule is CCN(CC)CCCN(CC)c1ncc(CNC)cc1Cl. The molecule has 0 aromatic carbocycles. The van der Waals surface area contributed by atoms with Gasteiger partial charge in [-0.25, -0.2) is 4.98 Å². The first kappa shape index (κ1) is 18.2. The van der Waals surface area contributed by atoms with E-state index in [1.165, 1.54) is 0 Å². The number of anilines is 1. The Labute approximate surface area is 134 Å². The molecule has 0 spiro atoms. The third-order valence-electron chi connectivity index (χ3n) is 3.74. The van der Waals surface area contributed by atoms with Crippen molar-refractivity contribution in [1.82, 2.24) is 15.2 Å². The summed E-state index contributed by atoms with van der Waals surface area (Å²) in [5.74, 6) is 0.901. The molecule has 0 bridgehead atoms. The second-order valence-corrected chi connectivity index (χ2v) is 5.55. The van der Waals surface area contributed by atoms with Crippen LogP contribution in [-0.4, -0.2) is 49.7 Å². The third kappa shape index (κ3) is 5.81. The summed E-state index contributed by atoms with van der Waals surface area (Å²) in [4.78, 5) is 9.25. The normalized spacial score (nSPS) is 11.1. The lowest BCUT2D eigenvalue weighted by atomic mass is 10.2. The van der Waals surface area contributed by atoms with E-state index in [2.05, 4.69) is 40.9 Å². The maximum atomic E-state index is 6.39. The molecule has 5 heteroatoms. The number of rotatable bonds is 10. The van der Waals surface area contributed by atoms with Crippen molar-refractivity contribution in [2.45, 2.75) is 33.7 Å². The molecule has 0 aliphatic rings. The number of pyridine rings is 1. The Morgan fingerprint density at radius 1 is 1.14 bits per heavy atom. The lowest BCUT2D eigenvalue weighted by Crippen LogP contribution is -2.30. The van der Waals surface area contributed by atoms with Crippen molar-refractivity contribution in [2.75, 3.05) is 44.7 Å². The van der Waals surface area contributed by atoms with Crippen LogP contribution < -0.4 is 10.2 Å². The first-order valence-electron chi connectivity index (χ1n) is 7.92. The van der Waals surface area contributed by atoms with E-state index in [4.69, 9.17) is 11.6 Å². The largest absolute Gasteiger partial charge is 0.356 e. The topological polar surface area (TPSA) is 31.4 Å². The second-order valence-electron chi connectivity index (χ2n) is 5.14. The highest BCUT2D eigenvalue weighted by Crippen LogP contribution is 2.24. The average Bonchev–Trinajstić information content (AvgIpc) is 2.49. The minimum Gasteiger partial charge on any atom is -0.356 e. The average molecular weight is 313 g/mol. The first-order chi connectivity index (χ1) is 10.2. The summed E-state index contributed by atoms with van der Waals surface area (Å²) < 4.78 is 0.